The Morgan fingerprint density at radius 3 is 2.42 bits per heavy atom. The third-order valence-electron chi connectivity index (χ3n) is 12.7. The Hall–Kier alpha value is -3.47. The Kier molecular flexibility index (Phi) is 8.49. The van der Waals surface area contributed by atoms with Gasteiger partial charge in [-0.2, -0.15) is 0 Å². The molecule has 0 radical (unpaired) electrons. The van der Waals surface area contributed by atoms with Gasteiger partial charge in [-0.1, -0.05) is 44.1 Å². The molecule has 1 aliphatic heterocycles. The van der Waals surface area contributed by atoms with Gasteiger partial charge in [-0.25, -0.2) is 9.59 Å². The van der Waals surface area contributed by atoms with Crippen LogP contribution < -0.4 is 9.47 Å². The number of fused-ring (bicyclic) bond motifs is 6. The number of rotatable bonds is 7. The van der Waals surface area contributed by atoms with Gasteiger partial charge in [0.2, 0.25) is 6.79 Å². The van der Waals surface area contributed by atoms with Crippen LogP contribution in [0.4, 0.5) is 0 Å². The van der Waals surface area contributed by atoms with Crippen molar-refractivity contribution < 1.29 is 48.7 Å². The van der Waals surface area contributed by atoms with Gasteiger partial charge < -0.3 is 34.3 Å². The van der Waals surface area contributed by atoms with E-state index in [4.69, 9.17) is 18.9 Å². The first kappa shape index (κ1) is 34.4. The number of hydrogen-bond acceptors (Lipinski definition) is 10. The number of esters is 2. The summed E-state index contributed by atoms with van der Waals surface area (Å²) in [5.41, 5.74) is -5.33. The molecule has 0 unspecified atom stereocenters. The van der Waals surface area contributed by atoms with Crippen LogP contribution in [0.5, 0.6) is 11.5 Å². The number of benzene rings is 1. The number of hydrogen-bond donors (Lipinski definition) is 3. The molecule has 0 saturated heterocycles. The van der Waals surface area contributed by atoms with Gasteiger partial charge in [0, 0.05) is 24.5 Å². The molecular formula is C38H48O10. The van der Waals surface area contributed by atoms with Gasteiger partial charge in [-0.05, 0) is 94.4 Å². The van der Waals surface area contributed by atoms with Crippen molar-refractivity contribution in [3.8, 4) is 11.5 Å². The first-order valence-electron chi connectivity index (χ1n) is 17.0. The second-order valence-corrected chi connectivity index (χ2v) is 15.3. The summed E-state index contributed by atoms with van der Waals surface area (Å²) in [4.78, 5) is 39.2. The summed E-state index contributed by atoms with van der Waals surface area (Å²) in [6.07, 6.45) is 6.64. The summed E-state index contributed by atoms with van der Waals surface area (Å²) >= 11 is 0. The smallest absolute Gasteiger partial charge is 0.331 e. The van der Waals surface area contributed by atoms with Crippen molar-refractivity contribution in [1.82, 2.24) is 0 Å². The fraction of sp³-hybridized carbons (Fsp3) is 0.605. The molecule has 5 aliphatic rings. The van der Waals surface area contributed by atoms with Crippen molar-refractivity contribution in [2.75, 3.05) is 6.79 Å². The van der Waals surface area contributed by atoms with Gasteiger partial charge >= 0.3 is 11.9 Å². The molecule has 48 heavy (non-hydrogen) atoms. The average molecular weight is 665 g/mol. The second-order valence-electron chi connectivity index (χ2n) is 15.3. The zero-order chi connectivity index (χ0) is 34.9. The maximum Gasteiger partial charge on any atom is 0.331 e. The first-order chi connectivity index (χ1) is 22.5. The van der Waals surface area contributed by atoms with E-state index in [0.717, 1.165) is 16.7 Å². The van der Waals surface area contributed by atoms with Crippen LogP contribution in [0.15, 0.2) is 47.6 Å². The quantitative estimate of drug-likeness (QED) is 0.207. The van der Waals surface area contributed by atoms with Crippen LogP contribution in [0, 0.1) is 22.7 Å². The van der Waals surface area contributed by atoms with Crippen LogP contribution in [0.2, 0.25) is 0 Å². The number of aliphatic hydroxyl groups is 3. The van der Waals surface area contributed by atoms with E-state index in [1.165, 1.54) is 19.1 Å². The van der Waals surface area contributed by atoms with E-state index in [9.17, 15) is 29.7 Å². The summed E-state index contributed by atoms with van der Waals surface area (Å²) in [6.45, 7) is 10.8. The molecule has 0 aromatic heterocycles. The lowest BCUT2D eigenvalue weighted by Crippen LogP contribution is -2.78. The van der Waals surface area contributed by atoms with E-state index in [1.807, 2.05) is 39.8 Å². The van der Waals surface area contributed by atoms with Gasteiger partial charge in [0.25, 0.3) is 0 Å². The molecule has 3 N–H and O–H groups in total. The molecule has 260 valence electrons. The first-order valence-corrected chi connectivity index (χ1v) is 17.0. The summed E-state index contributed by atoms with van der Waals surface area (Å²) in [7, 11) is 0. The molecule has 6 rings (SSSR count). The highest BCUT2D eigenvalue weighted by atomic mass is 16.7. The molecule has 4 aliphatic carbocycles. The van der Waals surface area contributed by atoms with Crippen LogP contribution in [-0.4, -0.2) is 68.8 Å². The Balaban J connectivity index is 1.26. The summed E-state index contributed by atoms with van der Waals surface area (Å²) < 4.78 is 22.7. The molecule has 0 amide bonds. The standard InChI is InChI=1S/C38H48O10/c1-22(2)23(3)17-33(41)48-31-20-30-34(5)13-12-27(47-32(40)10-8-25-7-9-28-29(18-25)46-21-45-28)19-26(34)11-14-37(30,43)38(44)16-15-36(42,24(4)39)35(31,38)6/h7-11,17-18,22,27,30-31,42-44H,12-16,19-21H2,1-6H3/b10-8+,23-17+/t27-,30+,31+,34-,35+,36+,37-,38+/m0/s1. The second kappa shape index (κ2) is 11.8. The SMILES string of the molecule is CC(=O)[C@]1(O)CC[C@@]2(O)[C@]1(C)[C@H](OC(=O)/C=C(\C)C(C)C)C[C@@H]1[C@@]3(C)CC[C@H](OC(=O)/C=C/c4ccc5c(c4)OCO5)CC3=CC[C@]12O. The van der Waals surface area contributed by atoms with Crippen molar-refractivity contribution in [2.24, 2.45) is 22.7 Å². The number of ether oxygens (including phenoxy) is 4. The third-order valence-corrected chi connectivity index (χ3v) is 12.7. The average Bonchev–Trinajstić information content (AvgIpc) is 3.59. The lowest BCUT2D eigenvalue weighted by Gasteiger charge is -2.67. The Labute approximate surface area is 281 Å². The summed E-state index contributed by atoms with van der Waals surface area (Å²) in [5.74, 6) is -0.791. The fourth-order valence-corrected chi connectivity index (χ4v) is 9.37. The van der Waals surface area contributed by atoms with Crippen molar-refractivity contribution in [3.05, 3.63) is 53.1 Å². The number of carbonyl (C=O) groups excluding carboxylic acids is 3. The highest BCUT2D eigenvalue weighted by molar-refractivity contribution is 5.88. The van der Waals surface area contributed by atoms with Gasteiger partial charge in [-0.3, -0.25) is 4.79 Å². The number of allylic oxidation sites excluding steroid dienone is 1. The molecule has 10 nitrogen and oxygen atoms in total. The minimum Gasteiger partial charge on any atom is -0.459 e. The molecule has 1 aromatic rings. The Morgan fingerprint density at radius 2 is 1.71 bits per heavy atom. The predicted octanol–water partition coefficient (Wildman–Crippen LogP) is 4.98. The number of carbonyl (C=O) groups is 3. The van der Waals surface area contributed by atoms with Crippen LogP contribution in [0.3, 0.4) is 0 Å². The van der Waals surface area contributed by atoms with Gasteiger partial charge in [0.1, 0.15) is 29.0 Å². The molecule has 3 saturated carbocycles. The Morgan fingerprint density at radius 1 is 0.979 bits per heavy atom. The highest BCUT2D eigenvalue weighted by Gasteiger charge is 2.81. The van der Waals surface area contributed by atoms with E-state index < -0.39 is 57.4 Å². The number of ketones is 1. The topological polar surface area (TPSA) is 149 Å². The normalized spacial score (nSPS) is 38.6. The van der Waals surface area contributed by atoms with Crippen LogP contribution in [0.25, 0.3) is 6.08 Å². The Bertz CT molecular complexity index is 1610. The minimum absolute atomic E-state index is 0.0311. The lowest BCUT2D eigenvalue weighted by atomic mass is 9.42. The lowest BCUT2D eigenvalue weighted by molar-refractivity contribution is -0.314. The predicted molar refractivity (Wildman–Crippen MR) is 176 cm³/mol. The van der Waals surface area contributed by atoms with Crippen molar-refractivity contribution in [2.45, 2.75) is 115 Å². The molecule has 3 fully saturated rings. The highest BCUT2D eigenvalue weighted by Crippen LogP contribution is 2.71. The molecule has 0 bridgehead atoms. The van der Waals surface area contributed by atoms with Crippen LogP contribution in [-0.2, 0) is 23.9 Å². The van der Waals surface area contributed by atoms with E-state index in [-0.39, 0.29) is 44.5 Å². The summed E-state index contributed by atoms with van der Waals surface area (Å²) in [6, 6.07) is 5.41. The zero-order valence-corrected chi connectivity index (χ0v) is 28.7. The molecular weight excluding hydrogens is 616 g/mol. The van der Waals surface area contributed by atoms with Crippen LogP contribution in [0.1, 0.15) is 92.1 Å². The van der Waals surface area contributed by atoms with E-state index in [0.29, 0.717) is 30.8 Å². The number of Topliss-reactive ketones (excluding diaryl/α,β-unsaturated/α-hetero) is 1. The van der Waals surface area contributed by atoms with Gasteiger partial charge in [0.15, 0.2) is 17.3 Å². The molecule has 1 heterocycles. The minimum atomic E-state index is -2.00. The van der Waals surface area contributed by atoms with E-state index in [2.05, 4.69) is 0 Å². The maximum atomic E-state index is 13.3. The monoisotopic (exact) mass is 664 g/mol. The maximum absolute atomic E-state index is 13.3. The largest absolute Gasteiger partial charge is 0.459 e. The fourth-order valence-electron chi connectivity index (χ4n) is 9.37. The zero-order valence-electron chi connectivity index (χ0n) is 28.7. The summed E-state index contributed by atoms with van der Waals surface area (Å²) in [5, 5.41) is 37.2. The molecule has 0 spiro atoms. The van der Waals surface area contributed by atoms with Crippen molar-refractivity contribution >= 4 is 23.8 Å². The molecule has 10 heteroatoms. The van der Waals surface area contributed by atoms with E-state index in [1.54, 1.807) is 25.1 Å². The van der Waals surface area contributed by atoms with Crippen molar-refractivity contribution in [1.29, 1.82) is 0 Å². The van der Waals surface area contributed by atoms with Crippen LogP contribution >= 0.6 is 0 Å². The third kappa shape index (κ3) is 5.05. The molecule has 1 aromatic carbocycles. The van der Waals surface area contributed by atoms with Crippen molar-refractivity contribution in [3.63, 3.8) is 0 Å². The molecule has 8 atom stereocenters. The van der Waals surface area contributed by atoms with Gasteiger partial charge in [-0.15, -0.1) is 0 Å². The van der Waals surface area contributed by atoms with E-state index >= 15 is 0 Å². The van der Waals surface area contributed by atoms with Gasteiger partial charge in [0.05, 0.1) is 5.41 Å².